The summed E-state index contributed by atoms with van der Waals surface area (Å²) in [6, 6.07) is 7.09. The second-order valence-electron chi connectivity index (χ2n) is 3.19. The van der Waals surface area contributed by atoms with Gasteiger partial charge >= 0.3 is 0 Å². The SMILES string of the molecule is Cc1c(C(=O)Cl)nnn1-c1cccc(Cl)c1. The second-order valence-corrected chi connectivity index (χ2v) is 3.97. The van der Waals surface area contributed by atoms with Gasteiger partial charge in [-0.25, -0.2) is 4.68 Å². The zero-order valence-electron chi connectivity index (χ0n) is 8.32. The first-order valence-electron chi connectivity index (χ1n) is 4.47. The summed E-state index contributed by atoms with van der Waals surface area (Å²) in [6.07, 6.45) is 0. The fraction of sp³-hybridized carbons (Fsp3) is 0.100. The molecule has 1 heterocycles. The molecule has 0 radical (unpaired) electrons. The number of nitrogens with zero attached hydrogens (tertiary/aromatic N) is 3. The van der Waals surface area contributed by atoms with Crippen LogP contribution in [0.5, 0.6) is 0 Å². The molecular formula is C10H7Cl2N3O. The molecule has 4 nitrogen and oxygen atoms in total. The van der Waals surface area contributed by atoms with Crippen molar-refractivity contribution < 1.29 is 4.79 Å². The number of rotatable bonds is 2. The lowest BCUT2D eigenvalue weighted by atomic mass is 10.3. The maximum absolute atomic E-state index is 11.0. The fourth-order valence-corrected chi connectivity index (χ4v) is 1.72. The molecule has 0 aliphatic rings. The Labute approximate surface area is 102 Å². The van der Waals surface area contributed by atoms with Crippen LogP contribution < -0.4 is 0 Å². The van der Waals surface area contributed by atoms with Gasteiger partial charge in [-0.2, -0.15) is 0 Å². The van der Waals surface area contributed by atoms with Crippen molar-refractivity contribution in [3.63, 3.8) is 0 Å². The molecule has 0 bridgehead atoms. The van der Waals surface area contributed by atoms with Crippen LogP contribution in [-0.2, 0) is 0 Å². The highest BCUT2D eigenvalue weighted by molar-refractivity contribution is 6.67. The van der Waals surface area contributed by atoms with Gasteiger partial charge in [-0.3, -0.25) is 4.79 Å². The van der Waals surface area contributed by atoms with Gasteiger partial charge in [-0.15, -0.1) is 5.10 Å². The average molecular weight is 256 g/mol. The van der Waals surface area contributed by atoms with E-state index in [1.54, 1.807) is 25.1 Å². The Morgan fingerprint density at radius 1 is 1.44 bits per heavy atom. The first-order chi connectivity index (χ1) is 7.59. The van der Waals surface area contributed by atoms with E-state index in [1.165, 1.54) is 4.68 Å². The van der Waals surface area contributed by atoms with Crippen LogP contribution in [0.4, 0.5) is 0 Å². The largest absolute Gasteiger partial charge is 0.274 e. The lowest BCUT2D eigenvalue weighted by molar-refractivity contribution is 0.107. The van der Waals surface area contributed by atoms with Gasteiger partial charge in [0.15, 0.2) is 5.69 Å². The van der Waals surface area contributed by atoms with Gasteiger partial charge in [-0.1, -0.05) is 22.9 Å². The summed E-state index contributed by atoms with van der Waals surface area (Å²) >= 11 is 11.2. The van der Waals surface area contributed by atoms with Crippen molar-refractivity contribution in [3.05, 3.63) is 40.7 Å². The molecule has 0 aliphatic heterocycles. The predicted molar refractivity (Wildman–Crippen MR) is 61.3 cm³/mol. The molecule has 1 aromatic carbocycles. The second kappa shape index (κ2) is 4.23. The van der Waals surface area contributed by atoms with Crippen LogP contribution in [0.1, 0.15) is 16.2 Å². The molecule has 0 aliphatic carbocycles. The third-order valence-electron chi connectivity index (χ3n) is 2.13. The first kappa shape index (κ1) is 11.1. The molecular weight excluding hydrogens is 249 g/mol. The maximum Gasteiger partial charge on any atom is 0.274 e. The molecule has 0 fully saturated rings. The normalized spacial score (nSPS) is 10.4. The monoisotopic (exact) mass is 255 g/mol. The van der Waals surface area contributed by atoms with E-state index < -0.39 is 5.24 Å². The molecule has 0 saturated carbocycles. The van der Waals surface area contributed by atoms with Crippen LogP contribution in [0.15, 0.2) is 24.3 Å². The van der Waals surface area contributed by atoms with E-state index in [9.17, 15) is 4.79 Å². The third kappa shape index (κ3) is 1.94. The van der Waals surface area contributed by atoms with Crippen LogP contribution in [0.3, 0.4) is 0 Å². The summed E-state index contributed by atoms with van der Waals surface area (Å²) in [5.41, 5.74) is 1.48. The van der Waals surface area contributed by atoms with Crippen LogP contribution in [0.25, 0.3) is 5.69 Å². The summed E-state index contributed by atoms with van der Waals surface area (Å²) in [5.74, 6) is 0. The molecule has 1 aromatic heterocycles. The smallest absolute Gasteiger partial charge is 0.274 e. The Morgan fingerprint density at radius 2 is 2.19 bits per heavy atom. The minimum Gasteiger partial charge on any atom is -0.274 e. The zero-order valence-corrected chi connectivity index (χ0v) is 9.83. The van der Waals surface area contributed by atoms with Crippen LogP contribution in [-0.4, -0.2) is 20.2 Å². The Bertz CT molecular complexity index is 551. The summed E-state index contributed by atoms with van der Waals surface area (Å²) in [4.78, 5) is 11.0. The molecule has 2 aromatic rings. The Kier molecular flexibility index (Phi) is 2.94. The van der Waals surface area contributed by atoms with E-state index >= 15 is 0 Å². The first-order valence-corrected chi connectivity index (χ1v) is 5.23. The minimum absolute atomic E-state index is 0.154. The topological polar surface area (TPSA) is 47.8 Å². The van der Waals surface area contributed by atoms with Gasteiger partial charge < -0.3 is 0 Å². The van der Waals surface area contributed by atoms with Crippen LogP contribution in [0, 0.1) is 6.92 Å². The van der Waals surface area contributed by atoms with Crippen LogP contribution in [0.2, 0.25) is 5.02 Å². The number of hydrogen-bond donors (Lipinski definition) is 0. The summed E-state index contributed by atoms with van der Waals surface area (Å²) < 4.78 is 1.52. The Balaban J connectivity index is 2.53. The lowest BCUT2D eigenvalue weighted by Gasteiger charge is -2.02. The molecule has 16 heavy (non-hydrogen) atoms. The van der Waals surface area contributed by atoms with Crippen molar-refractivity contribution in [2.24, 2.45) is 0 Å². The molecule has 6 heteroatoms. The summed E-state index contributed by atoms with van der Waals surface area (Å²) in [7, 11) is 0. The quantitative estimate of drug-likeness (QED) is 0.776. The molecule has 0 N–H and O–H groups in total. The number of carbonyl (C=O) groups excluding carboxylic acids is 1. The molecule has 2 rings (SSSR count). The molecule has 0 spiro atoms. The van der Waals surface area contributed by atoms with E-state index in [0.717, 1.165) is 5.69 Å². The molecule has 0 saturated heterocycles. The van der Waals surface area contributed by atoms with E-state index in [0.29, 0.717) is 10.7 Å². The lowest BCUT2D eigenvalue weighted by Crippen LogP contribution is -2.00. The maximum atomic E-state index is 11.0. The summed E-state index contributed by atoms with van der Waals surface area (Å²) in [5, 5.41) is 7.53. The van der Waals surface area contributed by atoms with Gasteiger partial charge in [0.25, 0.3) is 5.24 Å². The van der Waals surface area contributed by atoms with Crippen molar-refractivity contribution in [1.29, 1.82) is 0 Å². The highest BCUT2D eigenvalue weighted by Crippen LogP contribution is 2.17. The number of aromatic nitrogens is 3. The van der Waals surface area contributed by atoms with Gasteiger partial charge in [-0.05, 0) is 36.7 Å². The number of carbonyl (C=O) groups is 1. The highest BCUT2D eigenvalue weighted by atomic mass is 35.5. The number of benzene rings is 1. The van der Waals surface area contributed by atoms with Crippen molar-refractivity contribution in [3.8, 4) is 5.69 Å². The molecule has 82 valence electrons. The van der Waals surface area contributed by atoms with Crippen LogP contribution >= 0.6 is 23.2 Å². The number of halogens is 2. The van der Waals surface area contributed by atoms with Gasteiger partial charge in [0, 0.05) is 5.02 Å². The van der Waals surface area contributed by atoms with Gasteiger partial charge in [0.1, 0.15) is 0 Å². The molecule has 0 atom stereocenters. The average Bonchev–Trinajstić information content (AvgIpc) is 2.60. The van der Waals surface area contributed by atoms with E-state index in [-0.39, 0.29) is 5.69 Å². The standard InChI is InChI=1S/C10H7Cl2N3O/c1-6-9(10(12)16)13-14-15(6)8-4-2-3-7(11)5-8/h2-5H,1H3. The Morgan fingerprint density at radius 3 is 2.75 bits per heavy atom. The minimum atomic E-state index is -0.620. The van der Waals surface area contributed by atoms with Crippen molar-refractivity contribution in [1.82, 2.24) is 15.0 Å². The zero-order chi connectivity index (χ0) is 11.7. The highest BCUT2D eigenvalue weighted by Gasteiger charge is 2.15. The van der Waals surface area contributed by atoms with Gasteiger partial charge in [0.05, 0.1) is 11.4 Å². The third-order valence-corrected chi connectivity index (χ3v) is 2.55. The van der Waals surface area contributed by atoms with Crippen molar-refractivity contribution in [2.45, 2.75) is 6.92 Å². The van der Waals surface area contributed by atoms with E-state index in [4.69, 9.17) is 23.2 Å². The molecule has 0 unspecified atom stereocenters. The predicted octanol–water partition coefficient (Wildman–Crippen LogP) is 2.61. The Hall–Kier alpha value is -1.39. The number of hydrogen-bond acceptors (Lipinski definition) is 3. The summed E-state index contributed by atoms with van der Waals surface area (Å²) in [6.45, 7) is 1.72. The van der Waals surface area contributed by atoms with Gasteiger partial charge in [0.2, 0.25) is 0 Å². The van der Waals surface area contributed by atoms with E-state index in [1.807, 2.05) is 6.07 Å². The fourth-order valence-electron chi connectivity index (χ4n) is 1.36. The molecule has 0 amide bonds. The van der Waals surface area contributed by atoms with Crippen molar-refractivity contribution >= 4 is 28.4 Å². The van der Waals surface area contributed by atoms with E-state index in [2.05, 4.69) is 10.3 Å². The van der Waals surface area contributed by atoms with Crippen molar-refractivity contribution in [2.75, 3.05) is 0 Å².